The molecule has 0 bridgehead atoms. The largest absolute Gasteiger partial charge is 0.497 e. The van der Waals surface area contributed by atoms with Crippen LogP contribution in [0.25, 0.3) is 0 Å². The van der Waals surface area contributed by atoms with Gasteiger partial charge in [0, 0.05) is 5.56 Å². The normalized spacial score (nSPS) is 11.9. The molecule has 0 aromatic heterocycles. The molecule has 0 aliphatic rings. The fourth-order valence-electron chi connectivity index (χ4n) is 2.57. The number of methoxy groups -OCH3 is 1. The maximum atomic E-state index is 12.4. The summed E-state index contributed by atoms with van der Waals surface area (Å²) in [7, 11) is 1.60. The van der Waals surface area contributed by atoms with Crippen molar-refractivity contribution in [3.05, 3.63) is 64.2 Å². The summed E-state index contributed by atoms with van der Waals surface area (Å²) in [5, 5.41) is 3.06. The van der Waals surface area contributed by atoms with E-state index in [9.17, 15) is 4.79 Å². The summed E-state index contributed by atoms with van der Waals surface area (Å²) in [5.41, 5.74) is 5.46. The lowest BCUT2D eigenvalue weighted by Crippen LogP contribution is -2.27. The molecule has 1 atom stereocenters. The molecule has 0 heterocycles. The molecule has 0 spiro atoms. The first kappa shape index (κ1) is 16.1. The van der Waals surface area contributed by atoms with Crippen molar-refractivity contribution in [2.45, 2.75) is 33.7 Å². The first-order valence-corrected chi connectivity index (χ1v) is 7.45. The molecule has 116 valence electrons. The van der Waals surface area contributed by atoms with Crippen LogP contribution in [0.4, 0.5) is 0 Å². The Morgan fingerprint density at radius 1 is 1.05 bits per heavy atom. The van der Waals surface area contributed by atoms with E-state index in [0.717, 1.165) is 5.56 Å². The number of carbonyl (C=O) groups is 1. The van der Waals surface area contributed by atoms with Crippen molar-refractivity contribution in [2.75, 3.05) is 7.11 Å². The second-order valence-corrected chi connectivity index (χ2v) is 5.72. The molecular formula is C19H23NO2. The van der Waals surface area contributed by atoms with Gasteiger partial charge in [-0.05, 0) is 68.1 Å². The summed E-state index contributed by atoms with van der Waals surface area (Å²) in [6.07, 6.45) is 0. The van der Waals surface area contributed by atoms with Gasteiger partial charge in [-0.25, -0.2) is 0 Å². The molecule has 2 rings (SSSR count). The van der Waals surface area contributed by atoms with Gasteiger partial charge in [-0.1, -0.05) is 18.2 Å². The van der Waals surface area contributed by atoms with Crippen molar-refractivity contribution in [3.8, 4) is 5.75 Å². The Kier molecular flexibility index (Phi) is 4.86. The van der Waals surface area contributed by atoms with Crippen LogP contribution in [0.2, 0.25) is 0 Å². The van der Waals surface area contributed by atoms with Crippen molar-refractivity contribution in [1.82, 2.24) is 5.32 Å². The second-order valence-electron chi connectivity index (χ2n) is 5.72. The number of benzene rings is 2. The first-order valence-electron chi connectivity index (χ1n) is 7.45. The van der Waals surface area contributed by atoms with Gasteiger partial charge in [0.05, 0.1) is 13.2 Å². The third-order valence-corrected chi connectivity index (χ3v) is 4.03. The average Bonchev–Trinajstić information content (AvgIpc) is 2.50. The van der Waals surface area contributed by atoms with Crippen molar-refractivity contribution in [1.29, 1.82) is 0 Å². The van der Waals surface area contributed by atoms with Gasteiger partial charge in [-0.3, -0.25) is 4.79 Å². The summed E-state index contributed by atoms with van der Waals surface area (Å²) in [4.78, 5) is 12.4. The van der Waals surface area contributed by atoms with E-state index in [-0.39, 0.29) is 11.9 Å². The van der Waals surface area contributed by atoms with Crippen molar-refractivity contribution in [2.24, 2.45) is 0 Å². The van der Waals surface area contributed by atoms with Crippen LogP contribution >= 0.6 is 0 Å². The highest BCUT2D eigenvalue weighted by molar-refractivity contribution is 5.94. The van der Waals surface area contributed by atoms with Crippen molar-refractivity contribution < 1.29 is 9.53 Å². The summed E-state index contributed by atoms with van der Waals surface area (Å²) >= 11 is 0. The van der Waals surface area contributed by atoms with Crippen molar-refractivity contribution in [3.63, 3.8) is 0 Å². The van der Waals surface area contributed by atoms with E-state index in [2.05, 4.69) is 38.2 Å². The van der Waals surface area contributed by atoms with E-state index >= 15 is 0 Å². The molecule has 0 radical (unpaired) electrons. The van der Waals surface area contributed by atoms with Crippen LogP contribution in [-0.2, 0) is 0 Å². The Morgan fingerprint density at radius 2 is 1.73 bits per heavy atom. The van der Waals surface area contributed by atoms with Crippen LogP contribution in [0, 0.1) is 20.8 Å². The molecule has 22 heavy (non-hydrogen) atoms. The molecule has 1 amide bonds. The van der Waals surface area contributed by atoms with Gasteiger partial charge in [0.2, 0.25) is 0 Å². The Labute approximate surface area is 132 Å². The van der Waals surface area contributed by atoms with E-state index in [0.29, 0.717) is 11.3 Å². The second kappa shape index (κ2) is 6.65. The van der Waals surface area contributed by atoms with E-state index in [1.54, 1.807) is 19.2 Å². The molecule has 3 heteroatoms. The van der Waals surface area contributed by atoms with Crippen LogP contribution in [0.15, 0.2) is 36.4 Å². The number of ether oxygens (including phenoxy) is 1. The highest BCUT2D eigenvalue weighted by atomic mass is 16.5. The summed E-state index contributed by atoms with van der Waals surface area (Å²) in [6, 6.07) is 11.5. The summed E-state index contributed by atoms with van der Waals surface area (Å²) in [5.74, 6) is 0.590. The Bertz CT molecular complexity index is 692. The zero-order valence-corrected chi connectivity index (χ0v) is 13.9. The lowest BCUT2D eigenvalue weighted by atomic mass is 9.96. The number of hydrogen-bond acceptors (Lipinski definition) is 2. The third kappa shape index (κ3) is 3.48. The van der Waals surface area contributed by atoms with Gasteiger partial charge in [0.25, 0.3) is 5.91 Å². The van der Waals surface area contributed by atoms with E-state index in [1.807, 2.05) is 19.1 Å². The lowest BCUT2D eigenvalue weighted by molar-refractivity contribution is 0.0939. The molecule has 1 N–H and O–H groups in total. The van der Waals surface area contributed by atoms with E-state index in [4.69, 9.17) is 4.74 Å². The summed E-state index contributed by atoms with van der Waals surface area (Å²) in [6.45, 7) is 8.28. The van der Waals surface area contributed by atoms with Gasteiger partial charge in [0.15, 0.2) is 0 Å². The molecule has 2 aromatic rings. The minimum atomic E-state index is -0.0935. The molecule has 0 fully saturated rings. The third-order valence-electron chi connectivity index (χ3n) is 4.03. The molecule has 0 saturated carbocycles. The number of carbonyl (C=O) groups excluding carboxylic acids is 1. The summed E-state index contributed by atoms with van der Waals surface area (Å²) < 4.78 is 5.16. The zero-order chi connectivity index (χ0) is 16.3. The highest BCUT2D eigenvalue weighted by Gasteiger charge is 2.14. The number of aryl methyl sites for hydroxylation is 3. The minimum absolute atomic E-state index is 0.0435. The van der Waals surface area contributed by atoms with E-state index in [1.165, 1.54) is 16.7 Å². The number of nitrogens with one attached hydrogen (secondary N) is 1. The van der Waals surface area contributed by atoms with Crippen LogP contribution < -0.4 is 10.1 Å². The van der Waals surface area contributed by atoms with Crippen molar-refractivity contribution >= 4 is 5.91 Å². The lowest BCUT2D eigenvalue weighted by Gasteiger charge is -2.18. The first-order chi connectivity index (χ1) is 10.4. The quantitative estimate of drug-likeness (QED) is 0.922. The molecule has 3 nitrogen and oxygen atoms in total. The van der Waals surface area contributed by atoms with Crippen LogP contribution in [0.5, 0.6) is 5.75 Å². The molecule has 0 unspecified atom stereocenters. The average molecular weight is 297 g/mol. The fraction of sp³-hybridized carbons (Fsp3) is 0.316. The number of amides is 1. The maximum absolute atomic E-state index is 12.4. The van der Waals surface area contributed by atoms with Gasteiger partial charge in [-0.2, -0.15) is 0 Å². The predicted molar refractivity (Wildman–Crippen MR) is 89.5 cm³/mol. The Balaban J connectivity index is 2.19. The number of rotatable bonds is 4. The topological polar surface area (TPSA) is 38.3 Å². The molecule has 2 aromatic carbocycles. The molecule has 0 saturated heterocycles. The van der Waals surface area contributed by atoms with Gasteiger partial charge in [0.1, 0.15) is 5.75 Å². The predicted octanol–water partition coefficient (Wildman–Crippen LogP) is 4.11. The molecular weight excluding hydrogens is 274 g/mol. The monoisotopic (exact) mass is 297 g/mol. The van der Waals surface area contributed by atoms with Crippen LogP contribution in [0.1, 0.15) is 45.6 Å². The van der Waals surface area contributed by atoms with Gasteiger partial charge in [-0.15, -0.1) is 0 Å². The molecule has 0 aliphatic heterocycles. The minimum Gasteiger partial charge on any atom is -0.497 e. The Hall–Kier alpha value is -2.29. The number of hydrogen-bond donors (Lipinski definition) is 1. The molecule has 0 aliphatic carbocycles. The smallest absolute Gasteiger partial charge is 0.251 e. The van der Waals surface area contributed by atoms with Gasteiger partial charge >= 0.3 is 0 Å². The Morgan fingerprint density at radius 3 is 2.41 bits per heavy atom. The fourth-order valence-corrected chi connectivity index (χ4v) is 2.57. The zero-order valence-electron chi connectivity index (χ0n) is 13.9. The SMILES string of the molecule is COc1cccc(C(=O)N[C@@H](C)c2cc(C)c(C)cc2C)c1. The van der Waals surface area contributed by atoms with Crippen LogP contribution in [0.3, 0.4) is 0 Å². The maximum Gasteiger partial charge on any atom is 0.251 e. The van der Waals surface area contributed by atoms with Gasteiger partial charge < -0.3 is 10.1 Å². The van der Waals surface area contributed by atoms with E-state index < -0.39 is 0 Å². The highest BCUT2D eigenvalue weighted by Crippen LogP contribution is 2.22. The standard InChI is InChI=1S/C19H23NO2/c1-12-9-14(3)18(10-13(12)2)15(4)20-19(21)16-7-6-8-17(11-16)22-5/h6-11,15H,1-5H3,(H,20,21)/t15-/m0/s1. The van der Waals surface area contributed by atoms with Crippen LogP contribution in [-0.4, -0.2) is 13.0 Å².